The maximum atomic E-state index is 12.3. The van der Waals surface area contributed by atoms with Crippen molar-refractivity contribution in [3.63, 3.8) is 0 Å². The Hall–Kier alpha value is -3.19. The number of carbonyl (C=O) groups excluding carboxylic acids is 2. The van der Waals surface area contributed by atoms with Crippen molar-refractivity contribution < 1.29 is 24.2 Å². The topological polar surface area (TPSA) is 105 Å². The molecule has 0 aliphatic rings. The van der Waals surface area contributed by atoms with Crippen molar-refractivity contribution in [1.29, 1.82) is 0 Å². The normalized spacial score (nSPS) is 10.3. The molecule has 7 nitrogen and oxygen atoms in total. The summed E-state index contributed by atoms with van der Waals surface area (Å²) in [5.74, 6) is -1.67. The van der Waals surface area contributed by atoms with Crippen LogP contribution in [0, 0.1) is 0 Å². The van der Waals surface area contributed by atoms with Crippen LogP contribution in [0.25, 0.3) is 0 Å². The van der Waals surface area contributed by atoms with Crippen LogP contribution in [0.15, 0.2) is 48.5 Å². The number of carboxylic acids is 1. The van der Waals surface area contributed by atoms with Crippen LogP contribution in [0.5, 0.6) is 0 Å². The predicted molar refractivity (Wildman–Crippen MR) is 106 cm³/mol. The monoisotopic (exact) mass is 384 g/mol. The number of ether oxygens (including phenoxy) is 1. The van der Waals surface area contributed by atoms with E-state index in [0.29, 0.717) is 36.6 Å². The Morgan fingerprint density at radius 2 is 1.86 bits per heavy atom. The molecular formula is C21H24N2O5. The van der Waals surface area contributed by atoms with Gasteiger partial charge in [0.1, 0.15) is 0 Å². The van der Waals surface area contributed by atoms with E-state index in [0.717, 1.165) is 6.42 Å². The van der Waals surface area contributed by atoms with E-state index in [-0.39, 0.29) is 23.8 Å². The number of carboxylic acid groups (broad SMARTS) is 1. The summed E-state index contributed by atoms with van der Waals surface area (Å²) in [7, 11) is 0. The molecule has 0 spiro atoms. The van der Waals surface area contributed by atoms with Crippen molar-refractivity contribution in [2.75, 3.05) is 25.1 Å². The number of aromatic carboxylic acids is 1. The van der Waals surface area contributed by atoms with Crippen molar-refractivity contribution in [3.8, 4) is 0 Å². The zero-order chi connectivity index (χ0) is 20.4. The summed E-state index contributed by atoms with van der Waals surface area (Å²) in [5, 5.41) is 14.7. The Bertz CT molecular complexity index is 835. The van der Waals surface area contributed by atoms with Gasteiger partial charge in [-0.15, -0.1) is 0 Å². The van der Waals surface area contributed by atoms with Crippen LogP contribution in [0.1, 0.15) is 39.6 Å². The fraction of sp³-hybridized carbons (Fsp3) is 0.286. The highest BCUT2D eigenvalue weighted by atomic mass is 16.5. The molecule has 3 N–H and O–H groups in total. The number of anilines is 1. The quantitative estimate of drug-likeness (QED) is 0.546. The van der Waals surface area contributed by atoms with E-state index < -0.39 is 5.97 Å². The lowest BCUT2D eigenvalue weighted by molar-refractivity contribution is -0.115. The van der Waals surface area contributed by atoms with Crippen LogP contribution >= 0.6 is 0 Å². The zero-order valence-electron chi connectivity index (χ0n) is 15.7. The summed E-state index contributed by atoms with van der Waals surface area (Å²) >= 11 is 0. The van der Waals surface area contributed by atoms with Gasteiger partial charge in [-0.25, -0.2) is 4.79 Å². The molecular weight excluding hydrogens is 360 g/mol. The van der Waals surface area contributed by atoms with Crippen LogP contribution in [0.4, 0.5) is 5.69 Å². The predicted octanol–water partition coefficient (Wildman–Crippen LogP) is 2.72. The van der Waals surface area contributed by atoms with Gasteiger partial charge in [0.05, 0.1) is 12.0 Å². The molecule has 0 radical (unpaired) electrons. The van der Waals surface area contributed by atoms with Gasteiger partial charge in [0, 0.05) is 31.0 Å². The standard InChI is InChI=1S/C21H24N2O5/c1-2-28-12-6-11-22-20(25)16-8-5-9-17(13-16)23-19(24)14-15-7-3-4-10-18(15)21(26)27/h3-5,7-10,13H,2,6,11-12,14H2,1H3,(H,22,25)(H,23,24)(H,26,27). The molecule has 0 unspecified atom stereocenters. The lowest BCUT2D eigenvalue weighted by atomic mass is 10.0. The third kappa shape index (κ3) is 6.51. The highest BCUT2D eigenvalue weighted by molar-refractivity contribution is 5.98. The van der Waals surface area contributed by atoms with Crippen LogP contribution in [0.2, 0.25) is 0 Å². The fourth-order valence-corrected chi connectivity index (χ4v) is 2.62. The first-order valence-electron chi connectivity index (χ1n) is 9.08. The van der Waals surface area contributed by atoms with Gasteiger partial charge in [-0.05, 0) is 43.2 Å². The van der Waals surface area contributed by atoms with Crippen molar-refractivity contribution >= 4 is 23.5 Å². The lowest BCUT2D eigenvalue weighted by Crippen LogP contribution is -2.25. The van der Waals surface area contributed by atoms with Gasteiger partial charge in [-0.3, -0.25) is 9.59 Å². The summed E-state index contributed by atoms with van der Waals surface area (Å²) in [6.07, 6.45) is 0.648. The summed E-state index contributed by atoms with van der Waals surface area (Å²) in [4.78, 5) is 35.7. The van der Waals surface area contributed by atoms with Gasteiger partial charge in [0.2, 0.25) is 5.91 Å². The van der Waals surface area contributed by atoms with E-state index in [1.54, 1.807) is 42.5 Å². The van der Waals surface area contributed by atoms with Gasteiger partial charge in [-0.1, -0.05) is 24.3 Å². The maximum absolute atomic E-state index is 12.3. The molecule has 0 heterocycles. The van der Waals surface area contributed by atoms with E-state index in [9.17, 15) is 19.5 Å². The highest BCUT2D eigenvalue weighted by Gasteiger charge is 2.13. The maximum Gasteiger partial charge on any atom is 0.335 e. The molecule has 0 saturated heterocycles. The van der Waals surface area contributed by atoms with E-state index >= 15 is 0 Å². The largest absolute Gasteiger partial charge is 0.478 e. The number of hydrogen-bond donors (Lipinski definition) is 3. The number of carbonyl (C=O) groups is 3. The number of rotatable bonds is 10. The molecule has 0 aliphatic carbocycles. The molecule has 2 aromatic carbocycles. The molecule has 0 aliphatic heterocycles. The number of amides is 2. The highest BCUT2D eigenvalue weighted by Crippen LogP contribution is 2.14. The Labute approximate surface area is 163 Å². The minimum Gasteiger partial charge on any atom is -0.478 e. The third-order valence-corrected chi connectivity index (χ3v) is 3.96. The summed E-state index contributed by atoms with van der Waals surface area (Å²) in [5.41, 5.74) is 1.42. The van der Waals surface area contributed by atoms with E-state index in [1.807, 2.05) is 6.92 Å². The Morgan fingerprint density at radius 1 is 1.07 bits per heavy atom. The van der Waals surface area contributed by atoms with Gasteiger partial charge in [0.15, 0.2) is 0 Å². The van der Waals surface area contributed by atoms with Crippen molar-refractivity contribution in [2.45, 2.75) is 19.8 Å². The minimum atomic E-state index is -1.08. The second kappa shape index (κ2) is 10.8. The first-order chi connectivity index (χ1) is 13.5. The van der Waals surface area contributed by atoms with Crippen LogP contribution < -0.4 is 10.6 Å². The van der Waals surface area contributed by atoms with Crippen molar-refractivity contribution in [3.05, 3.63) is 65.2 Å². The summed E-state index contributed by atoms with van der Waals surface area (Å²) < 4.78 is 5.22. The van der Waals surface area contributed by atoms with E-state index in [4.69, 9.17) is 4.74 Å². The molecule has 148 valence electrons. The van der Waals surface area contributed by atoms with Crippen LogP contribution in [0.3, 0.4) is 0 Å². The number of benzene rings is 2. The van der Waals surface area contributed by atoms with Crippen LogP contribution in [-0.4, -0.2) is 42.6 Å². The summed E-state index contributed by atoms with van der Waals surface area (Å²) in [6, 6.07) is 13.0. The first-order valence-corrected chi connectivity index (χ1v) is 9.08. The molecule has 7 heteroatoms. The molecule has 0 atom stereocenters. The van der Waals surface area contributed by atoms with Gasteiger partial charge >= 0.3 is 5.97 Å². The minimum absolute atomic E-state index is 0.0731. The summed E-state index contributed by atoms with van der Waals surface area (Å²) in [6.45, 7) is 3.65. The SMILES string of the molecule is CCOCCCNC(=O)c1cccc(NC(=O)Cc2ccccc2C(=O)O)c1. The second-order valence-corrected chi connectivity index (χ2v) is 6.07. The second-order valence-electron chi connectivity index (χ2n) is 6.07. The van der Waals surface area contributed by atoms with Gasteiger partial charge in [-0.2, -0.15) is 0 Å². The molecule has 2 aromatic rings. The smallest absolute Gasteiger partial charge is 0.335 e. The Balaban J connectivity index is 1.94. The molecule has 0 fully saturated rings. The average molecular weight is 384 g/mol. The Morgan fingerprint density at radius 3 is 2.61 bits per heavy atom. The van der Waals surface area contributed by atoms with Crippen molar-refractivity contribution in [1.82, 2.24) is 5.32 Å². The zero-order valence-corrected chi connectivity index (χ0v) is 15.7. The third-order valence-electron chi connectivity index (χ3n) is 3.96. The number of hydrogen-bond acceptors (Lipinski definition) is 4. The average Bonchev–Trinajstić information content (AvgIpc) is 2.68. The van der Waals surface area contributed by atoms with Gasteiger partial charge < -0.3 is 20.5 Å². The van der Waals surface area contributed by atoms with E-state index in [2.05, 4.69) is 10.6 Å². The molecule has 0 bridgehead atoms. The lowest BCUT2D eigenvalue weighted by Gasteiger charge is -2.09. The fourth-order valence-electron chi connectivity index (χ4n) is 2.62. The first kappa shape index (κ1) is 21.1. The molecule has 0 aromatic heterocycles. The molecule has 0 saturated carbocycles. The molecule has 2 amide bonds. The molecule has 28 heavy (non-hydrogen) atoms. The number of nitrogens with one attached hydrogen (secondary N) is 2. The molecule has 2 rings (SSSR count). The van der Waals surface area contributed by atoms with Gasteiger partial charge in [0.25, 0.3) is 5.91 Å². The van der Waals surface area contributed by atoms with E-state index in [1.165, 1.54) is 6.07 Å². The van der Waals surface area contributed by atoms with Crippen molar-refractivity contribution in [2.24, 2.45) is 0 Å². The Kier molecular flexibility index (Phi) is 8.17. The van der Waals surface area contributed by atoms with Crippen LogP contribution in [-0.2, 0) is 16.0 Å².